The SMILES string of the molecule is C=CCO[C@H]1O[C@H](COC)[C@@H](OP(=O)(Oc2ccccc2)Oc2ccccc2)[C@H](OCC[C@H](CCCCCCCCCCC)OCCCCCCCCCCCC)[C@@H]1NC(=O)OCC(Cl)(Cl)Cl. The van der Waals surface area contributed by atoms with Gasteiger partial charge in [0.2, 0.25) is 3.79 Å². The maximum atomic E-state index is 15.0. The third-order valence-electron chi connectivity index (χ3n) is 11.4. The Morgan fingerprint density at radius 2 is 1.25 bits per heavy atom. The molecule has 0 saturated carbocycles. The summed E-state index contributed by atoms with van der Waals surface area (Å²) in [5, 5.41) is 2.79. The van der Waals surface area contributed by atoms with Crippen molar-refractivity contribution < 1.29 is 51.4 Å². The maximum Gasteiger partial charge on any atom is 0.588 e. The van der Waals surface area contributed by atoms with Gasteiger partial charge in [0, 0.05) is 20.3 Å². The first-order valence-corrected chi connectivity index (χ1v) is 27.5. The molecule has 0 unspecified atom stereocenters. The van der Waals surface area contributed by atoms with Crippen LogP contribution in [0.2, 0.25) is 0 Å². The fourth-order valence-electron chi connectivity index (χ4n) is 7.91. The van der Waals surface area contributed by atoms with Crippen LogP contribution in [0.5, 0.6) is 11.5 Å². The van der Waals surface area contributed by atoms with Gasteiger partial charge in [-0.1, -0.05) is 207 Å². The Balaban J connectivity index is 1.88. The number of benzene rings is 2. The number of rotatable bonds is 39. The molecule has 1 heterocycles. The van der Waals surface area contributed by atoms with Gasteiger partial charge < -0.3 is 42.8 Å². The van der Waals surface area contributed by atoms with Gasteiger partial charge in [0.05, 0.1) is 19.3 Å². The largest absolute Gasteiger partial charge is 0.588 e. The van der Waals surface area contributed by atoms with E-state index in [1.54, 1.807) is 66.7 Å². The fraction of sp³-hybridized carbons (Fsp3) is 0.706. The second-order valence-electron chi connectivity index (χ2n) is 17.2. The monoisotopic (exact) mass is 1020 g/mol. The molecule has 1 amide bonds. The summed E-state index contributed by atoms with van der Waals surface area (Å²) in [5.74, 6) is 0.464. The molecule has 67 heavy (non-hydrogen) atoms. The Labute approximate surface area is 417 Å². The molecule has 0 radical (unpaired) electrons. The number of nitrogens with one attached hydrogen (secondary N) is 1. The van der Waals surface area contributed by atoms with Crippen molar-refractivity contribution in [3.63, 3.8) is 0 Å². The summed E-state index contributed by atoms with van der Waals surface area (Å²) in [5.41, 5.74) is 0. The van der Waals surface area contributed by atoms with E-state index in [2.05, 4.69) is 25.7 Å². The van der Waals surface area contributed by atoms with Crippen LogP contribution >= 0.6 is 42.6 Å². The molecule has 16 heteroatoms. The second kappa shape index (κ2) is 35.9. The smallest absolute Gasteiger partial charge is 0.445 e. The molecule has 1 fully saturated rings. The van der Waals surface area contributed by atoms with Crippen LogP contribution in [0, 0.1) is 0 Å². The first-order valence-electron chi connectivity index (χ1n) is 24.9. The van der Waals surface area contributed by atoms with Gasteiger partial charge in [-0.2, -0.15) is 0 Å². The topological polar surface area (TPSA) is 129 Å². The van der Waals surface area contributed by atoms with E-state index in [0.717, 1.165) is 32.1 Å². The zero-order valence-corrected chi connectivity index (χ0v) is 43.6. The molecule has 0 spiro atoms. The Bertz CT molecular complexity index is 1550. The molecule has 1 aliphatic rings. The standard InChI is InChI=1S/C51H81Cl3NO11P/c1-5-8-10-12-14-16-18-20-22-30-38-59-42(31-25-21-19-17-15-13-11-9-6-2)36-39-60-48-46(55-50(56)62-41-51(52,53)54)49(61-37-7-3)63-45(40-58-4)47(48)66-67(57,64-43-32-26-23-27-33-43)65-44-34-28-24-29-35-44/h7,23-24,26-29,32-35,42,45-49H,3,5-6,8-22,25,30-31,36-41H2,1-2,4H3,(H,55,56)/t42-,45+,46-,47+,48+,49-/m0/s1. The molecule has 12 nitrogen and oxygen atoms in total. The van der Waals surface area contributed by atoms with Gasteiger partial charge in [0.1, 0.15) is 42.5 Å². The second-order valence-corrected chi connectivity index (χ2v) is 21.2. The molecule has 0 bridgehead atoms. The van der Waals surface area contributed by atoms with Crippen LogP contribution in [-0.4, -0.2) is 86.8 Å². The van der Waals surface area contributed by atoms with Crippen LogP contribution < -0.4 is 14.4 Å². The number of unbranched alkanes of at least 4 members (excludes halogenated alkanes) is 17. The lowest BCUT2D eigenvalue weighted by Crippen LogP contribution is -2.66. The maximum absolute atomic E-state index is 15.0. The summed E-state index contributed by atoms with van der Waals surface area (Å²) in [4.78, 5) is 13.4. The zero-order chi connectivity index (χ0) is 48.4. The van der Waals surface area contributed by atoms with E-state index < -0.39 is 55.0 Å². The Hall–Kier alpha value is -2.09. The van der Waals surface area contributed by atoms with Gasteiger partial charge in [-0.15, -0.1) is 6.58 Å². The van der Waals surface area contributed by atoms with Crippen LogP contribution in [0.25, 0.3) is 0 Å². The van der Waals surface area contributed by atoms with E-state index in [1.807, 2.05) is 0 Å². The molecule has 382 valence electrons. The highest BCUT2D eigenvalue weighted by Crippen LogP contribution is 2.52. The number of phosphoric acid groups is 1. The summed E-state index contributed by atoms with van der Waals surface area (Å²) in [6.45, 7) is 8.56. The summed E-state index contributed by atoms with van der Waals surface area (Å²) < 4.78 is 68.6. The number of methoxy groups -OCH3 is 1. The minimum absolute atomic E-state index is 0.0460. The molecule has 2 aromatic carbocycles. The van der Waals surface area contributed by atoms with E-state index in [0.29, 0.717) is 13.0 Å². The third kappa shape index (κ3) is 26.6. The van der Waals surface area contributed by atoms with Crippen LogP contribution in [0.1, 0.15) is 149 Å². The Morgan fingerprint density at radius 1 is 0.731 bits per heavy atom. The van der Waals surface area contributed by atoms with Crippen molar-refractivity contribution in [2.24, 2.45) is 0 Å². The fourth-order valence-corrected chi connectivity index (χ4v) is 9.51. The average molecular weight is 1020 g/mol. The number of halogens is 3. The summed E-state index contributed by atoms with van der Waals surface area (Å²) >= 11 is 17.8. The Morgan fingerprint density at radius 3 is 1.76 bits per heavy atom. The van der Waals surface area contributed by atoms with E-state index in [-0.39, 0.29) is 37.4 Å². The van der Waals surface area contributed by atoms with E-state index in [1.165, 1.54) is 103 Å². The number of ether oxygens (including phenoxy) is 6. The van der Waals surface area contributed by atoms with Crippen molar-refractivity contribution in [3.05, 3.63) is 73.3 Å². The van der Waals surface area contributed by atoms with Gasteiger partial charge in [-0.25, -0.2) is 9.36 Å². The number of alkyl carbamates (subject to hydrolysis) is 1. The highest BCUT2D eigenvalue weighted by molar-refractivity contribution is 7.49. The molecule has 0 aromatic heterocycles. The molecule has 1 N–H and O–H groups in total. The predicted molar refractivity (Wildman–Crippen MR) is 270 cm³/mol. The van der Waals surface area contributed by atoms with Gasteiger partial charge in [-0.3, -0.25) is 4.52 Å². The number of amides is 1. The zero-order valence-electron chi connectivity index (χ0n) is 40.5. The van der Waals surface area contributed by atoms with Crippen molar-refractivity contribution in [1.29, 1.82) is 0 Å². The average Bonchev–Trinajstić information content (AvgIpc) is 3.30. The highest BCUT2D eigenvalue weighted by atomic mass is 35.6. The van der Waals surface area contributed by atoms with E-state index in [4.69, 9.17) is 76.8 Å². The van der Waals surface area contributed by atoms with Crippen LogP contribution in [0.3, 0.4) is 0 Å². The first-order chi connectivity index (χ1) is 32.5. The van der Waals surface area contributed by atoms with Crippen molar-refractivity contribution in [2.75, 3.05) is 40.1 Å². The van der Waals surface area contributed by atoms with Crippen LogP contribution in [0.4, 0.5) is 4.79 Å². The molecule has 2 aromatic rings. The highest BCUT2D eigenvalue weighted by Gasteiger charge is 2.53. The van der Waals surface area contributed by atoms with Crippen LogP contribution in [-0.2, 0) is 37.5 Å². The van der Waals surface area contributed by atoms with E-state index >= 15 is 0 Å². The number of alkyl halides is 3. The van der Waals surface area contributed by atoms with Crippen molar-refractivity contribution >= 4 is 48.7 Å². The lowest BCUT2D eigenvalue weighted by molar-refractivity contribution is -0.272. The molecule has 6 atom stereocenters. The lowest BCUT2D eigenvalue weighted by atomic mass is 9.96. The van der Waals surface area contributed by atoms with E-state index in [9.17, 15) is 9.36 Å². The molecule has 1 saturated heterocycles. The minimum atomic E-state index is -4.58. The molecule has 1 aliphatic heterocycles. The minimum Gasteiger partial charge on any atom is -0.445 e. The molecule has 3 rings (SSSR count). The number of hydrogen-bond donors (Lipinski definition) is 1. The summed E-state index contributed by atoms with van der Waals surface area (Å²) in [6.07, 6.45) is 20.9. The number of hydrogen-bond acceptors (Lipinski definition) is 11. The van der Waals surface area contributed by atoms with Crippen molar-refractivity contribution in [3.8, 4) is 11.5 Å². The predicted octanol–water partition coefficient (Wildman–Crippen LogP) is 14.7. The van der Waals surface area contributed by atoms with Gasteiger partial charge in [0.15, 0.2) is 6.29 Å². The molecular formula is C51H81Cl3NO11P. The van der Waals surface area contributed by atoms with Crippen LogP contribution in [0.15, 0.2) is 73.3 Å². The van der Waals surface area contributed by atoms with Gasteiger partial charge in [-0.05, 0) is 43.5 Å². The van der Waals surface area contributed by atoms with Gasteiger partial charge >= 0.3 is 13.9 Å². The molecule has 0 aliphatic carbocycles. The number of carbonyl (C=O) groups is 1. The van der Waals surface area contributed by atoms with Crippen molar-refractivity contribution in [1.82, 2.24) is 5.32 Å². The summed E-state index contributed by atoms with van der Waals surface area (Å²) in [6, 6.07) is 16.0. The lowest BCUT2D eigenvalue weighted by Gasteiger charge is -2.46. The molecular weight excluding hydrogens is 940 g/mol. The van der Waals surface area contributed by atoms with Gasteiger partial charge in [0.25, 0.3) is 0 Å². The quantitative estimate of drug-likeness (QED) is 0.0297. The number of carbonyl (C=O) groups excluding carboxylic acids is 1. The number of phosphoric ester groups is 1. The summed E-state index contributed by atoms with van der Waals surface area (Å²) in [7, 11) is -3.08. The normalized spacial score (nSPS) is 19.2. The first kappa shape index (κ1) is 59.2. The Kier molecular flexibility index (Phi) is 31.8. The third-order valence-corrected chi connectivity index (χ3v) is 13.1. The van der Waals surface area contributed by atoms with Crippen molar-refractivity contribution in [2.45, 2.75) is 189 Å². The number of para-hydroxylation sites is 2.